The number of hydrogen-bond donors (Lipinski definition) is 1. The van der Waals surface area contributed by atoms with Gasteiger partial charge in [-0.25, -0.2) is 4.98 Å². The van der Waals surface area contributed by atoms with E-state index >= 15 is 0 Å². The molecule has 0 aliphatic carbocycles. The van der Waals surface area contributed by atoms with Gasteiger partial charge in [0.25, 0.3) is 5.91 Å². The van der Waals surface area contributed by atoms with Gasteiger partial charge in [0.15, 0.2) is 0 Å². The van der Waals surface area contributed by atoms with Gasteiger partial charge in [-0.3, -0.25) is 9.59 Å². The van der Waals surface area contributed by atoms with Crippen molar-refractivity contribution >= 4 is 23.2 Å². The van der Waals surface area contributed by atoms with E-state index in [0.717, 1.165) is 23.4 Å². The second kappa shape index (κ2) is 8.31. The Morgan fingerprint density at radius 1 is 1.42 bits per heavy atom. The van der Waals surface area contributed by atoms with Gasteiger partial charge in [0.05, 0.1) is 18.3 Å². The minimum atomic E-state index is -0.0938. The van der Waals surface area contributed by atoms with Crippen molar-refractivity contribution in [3.05, 3.63) is 45.9 Å². The molecule has 0 bridgehead atoms. The van der Waals surface area contributed by atoms with E-state index in [4.69, 9.17) is 4.74 Å². The van der Waals surface area contributed by atoms with E-state index in [0.29, 0.717) is 30.8 Å². The average molecular weight is 373 g/mol. The van der Waals surface area contributed by atoms with E-state index < -0.39 is 0 Å². The van der Waals surface area contributed by atoms with Crippen molar-refractivity contribution in [3.63, 3.8) is 0 Å². The third-order valence-corrected chi connectivity index (χ3v) is 5.53. The van der Waals surface area contributed by atoms with Crippen molar-refractivity contribution in [2.75, 3.05) is 13.7 Å². The second-order valence-corrected chi connectivity index (χ2v) is 7.29. The molecular formula is C19H23N3O3S. The van der Waals surface area contributed by atoms with Crippen LogP contribution in [0.4, 0.5) is 0 Å². The molecule has 6 nitrogen and oxygen atoms in total. The summed E-state index contributed by atoms with van der Waals surface area (Å²) in [7, 11) is 1.63. The minimum Gasteiger partial charge on any atom is -0.497 e. The van der Waals surface area contributed by atoms with Gasteiger partial charge in [-0.2, -0.15) is 0 Å². The molecule has 1 N–H and O–H groups in total. The minimum absolute atomic E-state index is 0.00302. The highest BCUT2D eigenvalue weighted by Crippen LogP contribution is 2.19. The first-order valence-electron chi connectivity index (χ1n) is 8.68. The maximum Gasteiger partial charge on any atom is 0.263 e. The largest absolute Gasteiger partial charge is 0.497 e. The number of methoxy groups -OCH3 is 1. The Bertz CT molecular complexity index is 790. The number of thiazole rings is 1. The summed E-state index contributed by atoms with van der Waals surface area (Å²) in [6, 6.07) is 7.76. The molecule has 138 valence electrons. The van der Waals surface area contributed by atoms with Crippen LogP contribution in [0.2, 0.25) is 0 Å². The van der Waals surface area contributed by atoms with Crippen molar-refractivity contribution < 1.29 is 14.3 Å². The first-order valence-corrected chi connectivity index (χ1v) is 9.56. The molecule has 3 rings (SSSR count). The molecule has 0 spiro atoms. The zero-order chi connectivity index (χ0) is 18.5. The van der Waals surface area contributed by atoms with Crippen LogP contribution in [0.1, 0.15) is 40.2 Å². The fourth-order valence-electron chi connectivity index (χ4n) is 3.11. The van der Waals surface area contributed by atoms with Crippen molar-refractivity contribution in [1.29, 1.82) is 0 Å². The molecule has 1 atom stereocenters. The molecular weight excluding hydrogens is 350 g/mol. The predicted molar refractivity (Wildman–Crippen MR) is 100 cm³/mol. The number of aromatic nitrogens is 1. The highest BCUT2D eigenvalue weighted by Gasteiger charge is 2.24. The van der Waals surface area contributed by atoms with Crippen molar-refractivity contribution in [1.82, 2.24) is 15.2 Å². The maximum atomic E-state index is 12.5. The van der Waals surface area contributed by atoms with E-state index in [1.165, 1.54) is 11.3 Å². The Kier molecular flexibility index (Phi) is 5.88. The molecule has 1 aliphatic heterocycles. The average Bonchev–Trinajstić information content (AvgIpc) is 3.01. The fourth-order valence-corrected chi connectivity index (χ4v) is 3.82. The zero-order valence-electron chi connectivity index (χ0n) is 15.0. The SMILES string of the molecule is COc1cccc(CN2CCC(NC(=O)c3scnc3C)CCC2=O)c1. The quantitative estimate of drug-likeness (QED) is 0.875. The number of ether oxygens (including phenoxy) is 1. The third-order valence-electron chi connectivity index (χ3n) is 4.60. The number of likely N-dealkylation sites (tertiary alicyclic amines) is 1. The van der Waals surface area contributed by atoms with Gasteiger partial charge in [-0.15, -0.1) is 11.3 Å². The number of amides is 2. The second-order valence-electron chi connectivity index (χ2n) is 6.43. The lowest BCUT2D eigenvalue weighted by Gasteiger charge is -2.21. The number of carbonyl (C=O) groups is 2. The van der Waals surface area contributed by atoms with Crippen LogP contribution in [0.5, 0.6) is 5.75 Å². The van der Waals surface area contributed by atoms with E-state index in [1.807, 2.05) is 36.1 Å². The molecule has 1 saturated heterocycles. The summed E-state index contributed by atoms with van der Waals surface area (Å²) in [4.78, 5) is 31.5. The summed E-state index contributed by atoms with van der Waals surface area (Å²) in [6.45, 7) is 3.02. The number of nitrogens with one attached hydrogen (secondary N) is 1. The van der Waals surface area contributed by atoms with Crippen LogP contribution in [-0.2, 0) is 11.3 Å². The van der Waals surface area contributed by atoms with E-state index in [1.54, 1.807) is 12.6 Å². The van der Waals surface area contributed by atoms with Crippen LogP contribution in [0, 0.1) is 6.92 Å². The number of hydrogen-bond acceptors (Lipinski definition) is 5. The summed E-state index contributed by atoms with van der Waals surface area (Å²) in [5, 5.41) is 3.06. The Balaban J connectivity index is 1.60. The third kappa shape index (κ3) is 4.40. The first-order chi connectivity index (χ1) is 12.6. The number of carbonyl (C=O) groups excluding carboxylic acids is 2. The lowest BCUT2D eigenvalue weighted by Crippen LogP contribution is -2.35. The molecule has 2 heterocycles. The highest BCUT2D eigenvalue weighted by molar-refractivity contribution is 7.11. The van der Waals surface area contributed by atoms with Gasteiger partial charge in [0, 0.05) is 25.6 Å². The number of aryl methyl sites for hydroxylation is 1. The van der Waals surface area contributed by atoms with Gasteiger partial charge in [0.2, 0.25) is 5.91 Å². The molecule has 1 aromatic carbocycles. The van der Waals surface area contributed by atoms with Crippen LogP contribution in [0.25, 0.3) is 0 Å². The van der Waals surface area contributed by atoms with Gasteiger partial charge >= 0.3 is 0 Å². The molecule has 0 saturated carbocycles. The maximum absolute atomic E-state index is 12.5. The van der Waals surface area contributed by atoms with E-state index in [2.05, 4.69) is 10.3 Å². The molecule has 1 aliphatic rings. The summed E-state index contributed by atoms with van der Waals surface area (Å²) < 4.78 is 5.25. The molecule has 0 radical (unpaired) electrons. The molecule has 2 amide bonds. The van der Waals surface area contributed by atoms with E-state index in [9.17, 15) is 9.59 Å². The molecule has 26 heavy (non-hydrogen) atoms. The highest BCUT2D eigenvalue weighted by atomic mass is 32.1. The molecule has 1 aromatic heterocycles. The van der Waals surface area contributed by atoms with Crippen molar-refractivity contribution in [2.24, 2.45) is 0 Å². The van der Waals surface area contributed by atoms with Crippen LogP contribution in [-0.4, -0.2) is 41.4 Å². The lowest BCUT2D eigenvalue weighted by molar-refractivity contribution is -0.131. The first kappa shape index (κ1) is 18.4. The van der Waals surface area contributed by atoms with Crippen LogP contribution in [0.3, 0.4) is 0 Å². The molecule has 2 aromatic rings. The van der Waals surface area contributed by atoms with E-state index in [-0.39, 0.29) is 17.9 Å². The van der Waals surface area contributed by atoms with Crippen molar-refractivity contribution in [2.45, 2.75) is 38.8 Å². The van der Waals surface area contributed by atoms with Crippen LogP contribution < -0.4 is 10.1 Å². The molecule has 1 fully saturated rings. The number of rotatable bonds is 5. The van der Waals surface area contributed by atoms with Crippen LogP contribution >= 0.6 is 11.3 Å². The Morgan fingerprint density at radius 3 is 3.00 bits per heavy atom. The summed E-state index contributed by atoms with van der Waals surface area (Å²) in [5.41, 5.74) is 3.47. The summed E-state index contributed by atoms with van der Waals surface area (Å²) in [6.07, 6.45) is 1.85. The van der Waals surface area contributed by atoms with Gasteiger partial charge in [-0.05, 0) is 37.5 Å². The monoisotopic (exact) mass is 373 g/mol. The molecule has 7 heteroatoms. The Hall–Kier alpha value is -2.41. The topological polar surface area (TPSA) is 71.5 Å². The number of nitrogens with zero attached hydrogens (tertiary/aromatic N) is 2. The van der Waals surface area contributed by atoms with Crippen LogP contribution in [0.15, 0.2) is 29.8 Å². The van der Waals surface area contributed by atoms with Gasteiger partial charge < -0.3 is 15.0 Å². The zero-order valence-corrected chi connectivity index (χ0v) is 15.8. The summed E-state index contributed by atoms with van der Waals surface area (Å²) >= 11 is 1.35. The van der Waals surface area contributed by atoms with Gasteiger partial charge in [-0.1, -0.05) is 12.1 Å². The Morgan fingerprint density at radius 2 is 2.27 bits per heavy atom. The number of benzene rings is 1. The van der Waals surface area contributed by atoms with Gasteiger partial charge in [0.1, 0.15) is 10.6 Å². The standard InChI is InChI=1S/C19H23N3O3S/c1-13-18(26-12-20-13)19(24)21-15-6-7-17(23)22(9-8-15)11-14-4-3-5-16(10-14)25-2/h3-5,10,12,15H,6-9,11H2,1-2H3,(H,21,24). The Labute approximate surface area is 157 Å². The summed E-state index contributed by atoms with van der Waals surface area (Å²) in [5.74, 6) is 0.817. The smallest absolute Gasteiger partial charge is 0.263 e. The lowest BCUT2D eigenvalue weighted by atomic mass is 10.1. The van der Waals surface area contributed by atoms with Crippen molar-refractivity contribution in [3.8, 4) is 5.75 Å². The normalized spacial score (nSPS) is 17.7. The predicted octanol–water partition coefficient (Wildman–Crippen LogP) is 2.77. The molecule has 1 unspecified atom stereocenters. The fraction of sp³-hybridized carbons (Fsp3) is 0.421.